The van der Waals surface area contributed by atoms with Crippen LogP contribution in [-0.4, -0.2) is 49.0 Å². The monoisotopic (exact) mass is 386 g/mol. The Kier molecular flexibility index (Phi) is 6.75. The summed E-state index contributed by atoms with van der Waals surface area (Å²) in [5.41, 5.74) is 3.69. The second-order valence-electron chi connectivity index (χ2n) is 7.11. The molecule has 0 unspecified atom stereocenters. The van der Waals surface area contributed by atoms with Crippen molar-refractivity contribution in [3.8, 4) is 5.75 Å². The molecule has 0 radical (unpaired) electrons. The molecule has 1 heterocycles. The van der Waals surface area contributed by atoms with Gasteiger partial charge in [0, 0.05) is 39.1 Å². The standard InChI is InChI=1S/C22H27ClN2O2/c1-17-4-3-5-19(14-17)16-24-10-12-25(13-11-24)22(26)9-7-18-6-8-21(27-2)20(23)15-18/h3-6,8,14-15H,7,9-13,16H2,1-2H3. The molecule has 1 saturated heterocycles. The SMILES string of the molecule is COc1ccc(CCC(=O)N2CCN(Cc3cccc(C)c3)CC2)cc1Cl. The third-order valence-corrected chi connectivity index (χ3v) is 5.35. The molecule has 1 aliphatic rings. The largest absolute Gasteiger partial charge is 0.495 e. The third-order valence-electron chi connectivity index (χ3n) is 5.06. The molecule has 3 rings (SSSR count). The van der Waals surface area contributed by atoms with Gasteiger partial charge in [-0.1, -0.05) is 47.5 Å². The Hall–Kier alpha value is -2.04. The molecule has 5 heteroatoms. The quantitative estimate of drug-likeness (QED) is 0.754. The number of methoxy groups -OCH3 is 1. The van der Waals surface area contributed by atoms with E-state index in [9.17, 15) is 4.79 Å². The number of ether oxygens (including phenoxy) is 1. The van der Waals surface area contributed by atoms with Crippen molar-refractivity contribution in [1.29, 1.82) is 0 Å². The Morgan fingerprint density at radius 1 is 1.07 bits per heavy atom. The number of benzene rings is 2. The molecule has 0 bridgehead atoms. The van der Waals surface area contributed by atoms with Gasteiger partial charge in [0.25, 0.3) is 0 Å². The number of halogens is 1. The molecule has 1 aliphatic heterocycles. The number of aryl methyl sites for hydroxylation is 2. The van der Waals surface area contributed by atoms with Crippen molar-refractivity contribution in [3.05, 3.63) is 64.2 Å². The van der Waals surface area contributed by atoms with E-state index in [1.165, 1.54) is 11.1 Å². The Morgan fingerprint density at radius 2 is 1.85 bits per heavy atom. The van der Waals surface area contributed by atoms with Gasteiger partial charge in [0.05, 0.1) is 12.1 Å². The predicted octanol–water partition coefficient (Wildman–Crippen LogP) is 3.93. The van der Waals surface area contributed by atoms with Gasteiger partial charge in [-0.3, -0.25) is 9.69 Å². The summed E-state index contributed by atoms with van der Waals surface area (Å²) in [6, 6.07) is 14.3. The highest BCUT2D eigenvalue weighted by Gasteiger charge is 2.21. The molecular formula is C22H27ClN2O2. The minimum Gasteiger partial charge on any atom is -0.495 e. The van der Waals surface area contributed by atoms with E-state index in [1.807, 2.05) is 23.1 Å². The molecule has 0 atom stereocenters. The van der Waals surface area contributed by atoms with Gasteiger partial charge >= 0.3 is 0 Å². The molecule has 27 heavy (non-hydrogen) atoms. The van der Waals surface area contributed by atoms with E-state index in [4.69, 9.17) is 16.3 Å². The van der Waals surface area contributed by atoms with E-state index in [0.29, 0.717) is 23.6 Å². The van der Waals surface area contributed by atoms with Crippen LogP contribution in [0, 0.1) is 6.92 Å². The van der Waals surface area contributed by atoms with Gasteiger partial charge < -0.3 is 9.64 Å². The van der Waals surface area contributed by atoms with Gasteiger partial charge in [-0.2, -0.15) is 0 Å². The fraction of sp³-hybridized carbons (Fsp3) is 0.409. The normalized spacial score (nSPS) is 15.0. The lowest BCUT2D eigenvalue weighted by Crippen LogP contribution is -2.48. The molecule has 0 aromatic heterocycles. The highest BCUT2D eigenvalue weighted by molar-refractivity contribution is 6.32. The maximum Gasteiger partial charge on any atom is 0.222 e. The van der Waals surface area contributed by atoms with Crippen LogP contribution in [0.1, 0.15) is 23.1 Å². The first-order valence-corrected chi connectivity index (χ1v) is 9.81. The van der Waals surface area contributed by atoms with Crippen LogP contribution in [0.15, 0.2) is 42.5 Å². The minimum absolute atomic E-state index is 0.220. The summed E-state index contributed by atoms with van der Waals surface area (Å²) in [7, 11) is 1.60. The molecule has 0 spiro atoms. The minimum atomic E-state index is 0.220. The molecule has 2 aromatic carbocycles. The number of carbonyl (C=O) groups is 1. The highest BCUT2D eigenvalue weighted by Crippen LogP contribution is 2.25. The smallest absolute Gasteiger partial charge is 0.222 e. The van der Waals surface area contributed by atoms with Gasteiger partial charge in [-0.15, -0.1) is 0 Å². The number of hydrogen-bond acceptors (Lipinski definition) is 3. The summed E-state index contributed by atoms with van der Waals surface area (Å²) in [4.78, 5) is 16.9. The molecule has 2 aromatic rings. The molecule has 0 N–H and O–H groups in total. The molecule has 0 aliphatic carbocycles. The van der Waals surface area contributed by atoms with Gasteiger partial charge in [0.1, 0.15) is 5.75 Å². The summed E-state index contributed by atoms with van der Waals surface area (Å²) in [6.07, 6.45) is 1.21. The van der Waals surface area contributed by atoms with E-state index in [0.717, 1.165) is 38.3 Å². The molecule has 0 saturated carbocycles. The van der Waals surface area contributed by atoms with E-state index >= 15 is 0 Å². The molecule has 144 valence electrons. The van der Waals surface area contributed by atoms with Crippen molar-refractivity contribution in [2.24, 2.45) is 0 Å². The fourth-order valence-corrected chi connectivity index (χ4v) is 3.78. The molecule has 1 fully saturated rings. The van der Waals surface area contributed by atoms with Crippen molar-refractivity contribution in [3.63, 3.8) is 0 Å². The van der Waals surface area contributed by atoms with Crippen molar-refractivity contribution >= 4 is 17.5 Å². The van der Waals surface area contributed by atoms with Crippen molar-refractivity contribution < 1.29 is 9.53 Å². The topological polar surface area (TPSA) is 32.8 Å². The zero-order valence-electron chi connectivity index (χ0n) is 16.1. The average Bonchev–Trinajstić information content (AvgIpc) is 2.67. The lowest BCUT2D eigenvalue weighted by molar-refractivity contribution is -0.133. The van der Waals surface area contributed by atoms with Gasteiger partial charge in [0.2, 0.25) is 5.91 Å². The summed E-state index contributed by atoms with van der Waals surface area (Å²) in [6.45, 7) is 6.52. The average molecular weight is 387 g/mol. The number of rotatable bonds is 6. The second-order valence-corrected chi connectivity index (χ2v) is 7.52. The van der Waals surface area contributed by atoms with Crippen LogP contribution in [0.2, 0.25) is 5.02 Å². The Labute approximate surface area is 166 Å². The van der Waals surface area contributed by atoms with Crippen LogP contribution in [0.3, 0.4) is 0 Å². The molecule has 1 amide bonds. The van der Waals surface area contributed by atoms with Crippen LogP contribution < -0.4 is 4.74 Å². The van der Waals surface area contributed by atoms with E-state index < -0.39 is 0 Å². The Bertz CT molecular complexity index is 786. The summed E-state index contributed by atoms with van der Waals surface area (Å²) in [5, 5.41) is 0.590. The van der Waals surface area contributed by atoms with Crippen LogP contribution in [0.5, 0.6) is 5.75 Å². The third kappa shape index (κ3) is 5.47. The van der Waals surface area contributed by atoms with Gasteiger partial charge in [-0.25, -0.2) is 0 Å². The molecule has 4 nitrogen and oxygen atoms in total. The number of piperazine rings is 1. The van der Waals surface area contributed by atoms with Crippen LogP contribution in [-0.2, 0) is 17.8 Å². The maximum atomic E-state index is 12.5. The van der Waals surface area contributed by atoms with Crippen molar-refractivity contribution in [2.75, 3.05) is 33.3 Å². The van der Waals surface area contributed by atoms with Crippen LogP contribution in [0.25, 0.3) is 0 Å². The number of amides is 1. The zero-order chi connectivity index (χ0) is 19.2. The zero-order valence-corrected chi connectivity index (χ0v) is 16.8. The first kappa shape index (κ1) is 19.7. The lowest BCUT2D eigenvalue weighted by Gasteiger charge is -2.35. The fourth-order valence-electron chi connectivity index (χ4n) is 3.50. The molecular weight excluding hydrogens is 360 g/mol. The number of nitrogens with zero attached hydrogens (tertiary/aromatic N) is 2. The summed E-state index contributed by atoms with van der Waals surface area (Å²) < 4.78 is 5.17. The maximum absolute atomic E-state index is 12.5. The van der Waals surface area contributed by atoms with Crippen LogP contribution >= 0.6 is 11.6 Å². The van der Waals surface area contributed by atoms with Gasteiger partial charge in [0.15, 0.2) is 0 Å². The summed E-state index contributed by atoms with van der Waals surface area (Å²) >= 11 is 6.16. The number of hydrogen-bond donors (Lipinski definition) is 0. The van der Waals surface area contributed by atoms with E-state index in [-0.39, 0.29) is 5.91 Å². The number of carbonyl (C=O) groups excluding carboxylic acids is 1. The first-order valence-electron chi connectivity index (χ1n) is 9.43. The van der Waals surface area contributed by atoms with E-state index in [2.05, 4.69) is 36.1 Å². The van der Waals surface area contributed by atoms with Crippen molar-refractivity contribution in [2.45, 2.75) is 26.3 Å². The van der Waals surface area contributed by atoms with Crippen LogP contribution in [0.4, 0.5) is 0 Å². The summed E-state index contributed by atoms with van der Waals surface area (Å²) in [5.74, 6) is 0.883. The Morgan fingerprint density at radius 3 is 2.52 bits per heavy atom. The van der Waals surface area contributed by atoms with E-state index in [1.54, 1.807) is 7.11 Å². The lowest BCUT2D eigenvalue weighted by atomic mass is 10.1. The highest BCUT2D eigenvalue weighted by atomic mass is 35.5. The van der Waals surface area contributed by atoms with Crippen molar-refractivity contribution in [1.82, 2.24) is 9.80 Å². The van der Waals surface area contributed by atoms with Gasteiger partial charge in [-0.05, 0) is 36.6 Å². The Balaban J connectivity index is 1.45. The first-order chi connectivity index (χ1) is 13.0. The second kappa shape index (κ2) is 9.25. The predicted molar refractivity (Wildman–Crippen MR) is 109 cm³/mol.